The van der Waals surface area contributed by atoms with Gasteiger partial charge >= 0.3 is 7.82 Å². The van der Waals surface area contributed by atoms with Crippen molar-refractivity contribution in [1.82, 2.24) is 15.1 Å². The molecule has 0 spiro atoms. The van der Waals surface area contributed by atoms with E-state index in [1.54, 1.807) is 9.80 Å². The molecule has 3 aromatic carbocycles. The van der Waals surface area contributed by atoms with Gasteiger partial charge in [-0.05, 0) is 53.2 Å². The number of nitrogens with one attached hydrogen (secondary N) is 1. The lowest BCUT2D eigenvalue weighted by atomic mass is 9.85. The number of benzene rings is 3. The highest BCUT2D eigenvalue weighted by atomic mass is 31.2. The summed E-state index contributed by atoms with van der Waals surface area (Å²) in [6, 6.07) is 23.8. The Balaban J connectivity index is 0.00000201. The molecule has 0 unspecified atom stereocenters. The van der Waals surface area contributed by atoms with Crippen molar-refractivity contribution in [1.29, 1.82) is 0 Å². The summed E-state index contributed by atoms with van der Waals surface area (Å²) in [5.74, 6) is -0.933. The first-order valence-electron chi connectivity index (χ1n) is 16.8. The van der Waals surface area contributed by atoms with Crippen LogP contribution in [0.1, 0.15) is 78.0 Å². The van der Waals surface area contributed by atoms with E-state index in [4.69, 9.17) is 9.79 Å². The van der Waals surface area contributed by atoms with Crippen molar-refractivity contribution in [2.24, 2.45) is 5.41 Å². The molecule has 1 aliphatic rings. The summed E-state index contributed by atoms with van der Waals surface area (Å²) in [5, 5.41) is 2.85. The van der Waals surface area contributed by atoms with Crippen molar-refractivity contribution in [3.05, 3.63) is 108 Å². The van der Waals surface area contributed by atoms with Gasteiger partial charge in [0.25, 0.3) is 0 Å². The molecule has 49 heavy (non-hydrogen) atoms. The van der Waals surface area contributed by atoms with Crippen LogP contribution < -0.4 is 9.84 Å². The van der Waals surface area contributed by atoms with Crippen LogP contribution in [0.4, 0.5) is 0 Å². The second-order valence-electron chi connectivity index (χ2n) is 12.1. The van der Waals surface area contributed by atoms with Crippen LogP contribution in [-0.2, 0) is 32.0 Å². The van der Waals surface area contributed by atoms with Crippen LogP contribution >= 0.6 is 7.82 Å². The highest BCUT2D eigenvalue weighted by molar-refractivity contribution is 7.46. The van der Waals surface area contributed by atoms with Crippen molar-refractivity contribution in [3.8, 4) is 5.75 Å². The molecule has 0 bridgehead atoms. The second-order valence-corrected chi connectivity index (χ2v) is 13.3. The number of carbonyl (C=O) groups is 3. The normalized spacial score (nSPS) is 14.9. The number of carbonyl (C=O) groups excluding carboxylic acids is 3. The summed E-state index contributed by atoms with van der Waals surface area (Å²) in [4.78, 5) is 62.5. The van der Waals surface area contributed by atoms with Gasteiger partial charge in [-0.25, -0.2) is 4.57 Å². The SMILES string of the molecule is CC.CC.CC(C)(C)[C@H](NC(=O)/C=C/c1ccc(OP(=O)(O)O)cc1)C(=O)N1CCC[C@H]1C(=O)N(Cc1ccccc1)Cc1ccccc1. The molecule has 1 saturated heterocycles. The minimum atomic E-state index is -4.68. The molecule has 0 aliphatic carbocycles. The zero-order valence-electron chi connectivity index (χ0n) is 29.7. The fourth-order valence-electron chi connectivity index (χ4n) is 5.27. The zero-order chi connectivity index (χ0) is 36.6. The molecule has 2 atom stereocenters. The molecule has 4 rings (SSSR count). The van der Waals surface area contributed by atoms with Gasteiger partial charge in [-0.3, -0.25) is 24.2 Å². The van der Waals surface area contributed by atoms with Crippen molar-refractivity contribution < 1.29 is 33.3 Å². The predicted octanol–water partition coefficient (Wildman–Crippen LogP) is 6.97. The van der Waals surface area contributed by atoms with E-state index in [9.17, 15) is 18.9 Å². The summed E-state index contributed by atoms with van der Waals surface area (Å²) in [5.41, 5.74) is 1.93. The third-order valence-corrected chi connectivity index (χ3v) is 7.94. The first kappa shape index (κ1) is 40.9. The number of phosphoric acid groups is 1. The van der Waals surface area contributed by atoms with Crippen molar-refractivity contribution in [3.63, 3.8) is 0 Å². The third-order valence-electron chi connectivity index (χ3n) is 7.50. The summed E-state index contributed by atoms with van der Waals surface area (Å²) in [6.45, 7) is 14.8. The fourth-order valence-corrected chi connectivity index (χ4v) is 5.67. The molecule has 10 nitrogen and oxygen atoms in total. The summed E-state index contributed by atoms with van der Waals surface area (Å²) in [7, 11) is -4.68. The van der Waals surface area contributed by atoms with E-state index in [-0.39, 0.29) is 17.6 Å². The van der Waals surface area contributed by atoms with Crippen molar-refractivity contribution in [2.75, 3.05) is 6.54 Å². The van der Waals surface area contributed by atoms with Gasteiger partial charge in [0.15, 0.2) is 0 Å². The van der Waals surface area contributed by atoms with Crippen LogP contribution in [0.25, 0.3) is 6.08 Å². The average Bonchev–Trinajstić information content (AvgIpc) is 3.58. The number of likely N-dealkylation sites (tertiary alicyclic amines) is 1. The Bertz CT molecular complexity index is 1490. The average molecular weight is 694 g/mol. The molecule has 1 heterocycles. The number of hydrogen-bond acceptors (Lipinski definition) is 5. The summed E-state index contributed by atoms with van der Waals surface area (Å²) in [6.07, 6.45) is 4.03. The monoisotopic (exact) mass is 693 g/mol. The van der Waals surface area contributed by atoms with E-state index >= 15 is 0 Å². The van der Waals surface area contributed by atoms with Gasteiger partial charge in [-0.15, -0.1) is 0 Å². The zero-order valence-corrected chi connectivity index (χ0v) is 30.6. The van der Waals surface area contributed by atoms with Gasteiger partial charge in [0.1, 0.15) is 17.8 Å². The molecule has 11 heteroatoms. The highest BCUT2D eigenvalue weighted by Gasteiger charge is 2.42. The standard InChI is InChI=1S/C34H40N3O7P.2C2H6/c1-34(2,3)31(35-30(38)21-18-25-16-19-28(20-17-25)44-45(41,42)43)33(40)37-22-10-15-29(37)32(39)36(23-26-11-6-4-7-12-26)24-27-13-8-5-9-14-27;2*1-2/h4-9,11-14,16-21,29,31H,10,15,22-24H2,1-3H3,(H,35,38)(H2,41,42,43);2*1-2H3/b21-18+;;/t29-,31+;;/m0../s1. The van der Waals surface area contributed by atoms with Crippen LogP contribution in [0.2, 0.25) is 0 Å². The summed E-state index contributed by atoms with van der Waals surface area (Å²) < 4.78 is 15.6. The van der Waals surface area contributed by atoms with E-state index in [2.05, 4.69) is 9.84 Å². The van der Waals surface area contributed by atoms with E-state index in [1.165, 1.54) is 36.4 Å². The third kappa shape index (κ3) is 13.3. The van der Waals surface area contributed by atoms with Crippen LogP contribution in [0.15, 0.2) is 91.0 Å². The maximum Gasteiger partial charge on any atom is 0.524 e. The van der Waals surface area contributed by atoms with Gasteiger partial charge < -0.3 is 19.6 Å². The van der Waals surface area contributed by atoms with Crippen LogP contribution in [0.5, 0.6) is 5.75 Å². The van der Waals surface area contributed by atoms with Crippen LogP contribution in [0, 0.1) is 5.41 Å². The Labute approximate surface area is 291 Å². The van der Waals surface area contributed by atoms with Crippen LogP contribution in [0.3, 0.4) is 0 Å². The number of nitrogens with zero attached hydrogens (tertiary/aromatic N) is 2. The molecule has 3 N–H and O–H groups in total. The van der Waals surface area contributed by atoms with Gasteiger partial charge in [0.2, 0.25) is 17.7 Å². The maximum atomic E-state index is 14.1. The van der Waals surface area contributed by atoms with Gasteiger partial charge in [-0.1, -0.05) is 121 Å². The Morgan fingerprint density at radius 2 is 1.41 bits per heavy atom. The first-order chi connectivity index (χ1) is 23.3. The molecular weight excluding hydrogens is 641 g/mol. The molecule has 0 radical (unpaired) electrons. The minimum absolute atomic E-state index is 0.0101. The topological polar surface area (TPSA) is 136 Å². The highest BCUT2D eigenvalue weighted by Crippen LogP contribution is 2.37. The largest absolute Gasteiger partial charge is 0.524 e. The Morgan fingerprint density at radius 1 is 0.898 bits per heavy atom. The number of rotatable bonds is 11. The van der Waals surface area contributed by atoms with E-state index in [0.29, 0.717) is 38.0 Å². The molecule has 0 saturated carbocycles. The van der Waals surface area contributed by atoms with Gasteiger partial charge in [0.05, 0.1) is 0 Å². The number of hydrogen-bond donors (Lipinski definition) is 3. The van der Waals surface area contributed by atoms with E-state index < -0.39 is 31.2 Å². The first-order valence-corrected chi connectivity index (χ1v) is 18.3. The minimum Gasteiger partial charge on any atom is -0.404 e. The smallest absolute Gasteiger partial charge is 0.404 e. The Morgan fingerprint density at radius 3 is 1.88 bits per heavy atom. The molecular formula is C38H52N3O7P. The molecule has 0 aromatic heterocycles. The Hall–Kier alpha value is -4.24. The van der Waals surface area contributed by atoms with E-state index in [1.807, 2.05) is 109 Å². The molecule has 1 fully saturated rings. The molecule has 3 aromatic rings. The number of amides is 3. The van der Waals surface area contributed by atoms with Crippen molar-refractivity contribution >= 4 is 31.6 Å². The molecule has 266 valence electrons. The quantitative estimate of drug-likeness (QED) is 0.146. The van der Waals surface area contributed by atoms with Crippen LogP contribution in [-0.4, -0.2) is 55.9 Å². The predicted molar refractivity (Wildman–Crippen MR) is 194 cm³/mol. The fraction of sp³-hybridized carbons (Fsp3) is 0.395. The van der Waals surface area contributed by atoms with Gasteiger partial charge in [0, 0.05) is 25.7 Å². The number of phosphoric ester groups is 1. The summed E-state index contributed by atoms with van der Waals surface area (Å²) >= 11 is 0. The molecule has 1 aliphatic heterocycles. The second kappa shape index (κ2) is 19.7. The Kier molecular flexibility index (Phi) is 16.4. The van der Waals surface area contributed by atoms with Gasteiger partial charge in [-0.2, -0.15) is 0 Å². The molecule has 3 amide bonds. The lowest BCUT2D eigenvalue weighted by molar-refractivity contribution is -0.147. The van der Waals surface area contributed by atoms with E-state index in [0.717, 1.165) is 11.1 Å². The maximum absolute atomic E-state index is 14.1. The lowest BCUT2D eigenvalue weighted by Crippen LogP contribution is -2.57. The lowest BCUT2D eigenvalue weighted by Gasteiger charge is -2.36. The van der Waals surface area contributed by atoms with Crippen molar-refractivity contribution in [2.45, 2.75) is 86.5 Å².